The van der Waals surface area contributed by atoms with Crippen LogP contribution in [-0.4, -0.2) is 51.0 Å². The summed E-state index contributed by atoms with van der Waals surface area (Å²) in [6.45, 7) is 6.02. The van der Waals surface area contributed by atoms with Gasteiger partial charge in [0, 0.05) is 36.0 Å². The van der Waals surface area contributed by atoms with E-state index in [1.807, 2.05) is 29.6 Å². The fourth-order valence-corrected chi connectivity index (χ4v) is 4.99. The Labute approximate surface area is 176 Å². The molecule has 1 aliphatic heterocycles. The van der Waals surface area contributed by atoms with Crippen LogP contribution < -0.4 is 4.90 Å². The summed E-state index contributed by atoms with van der Waals surface area (Å²) < 4.78 is 7.62. The molecular weight excluding hydrogens is 404 g/mol. The summed E-state index contributed by atoms with van der Waals surface area (Å²) in [5, 5.41) is 15.9. The third kappa shape index (κ3) is 3.61. The van der Waals surface area contributed by atoms with E-state index in [0.29, 0.717) is 0 Å². The molecule has 0 amide bonds. The van der Waals surface area contributed by atoms with Crippen molar-refractivity contribution in [1.82, 2.24) is 24.7 Å². The molecule has 0 aliphatic carbocycles. The second kappa shape index (κ2) is 8.10. The highest BCUT2D eigenvalue weighted by atomic mass is 32.2. The zero-order valence-corrected chi connectivity index (χ0v) is 17.6. The van der Waals surface area contributed by atoms with Crippen LogP contribution in [0.15, 0.2) is 51.3 Å². The fraction of sp³-hybridized carbons (Fsp3) is 0.300. The molecule has 1 aliphatic rings. The summed E-state index contributed by atoms with van der Waals surface area (Å²) in [5.74, 6) is 1.64. The minimum absolute atomic E-state index is 0.722. The topological polar surface area (TPSA) is 69.0 Å². The van der Waals surface area contributed by atoms with Crippen LogP contribution in [-0.2, 0) is 11.3 Å². The number of anilines is 1. The van der Waals surface area contributed by atoms with Crippen LogP contribution in [0.4, 0.5) is 5.95 Å². The highest BCUT2D eigenvalue weighted by Gasteiger charge is 2.21. The summed E-state index contributed by atoms with van der Waals surface area (Å²) in [5.41, 5.74) is 1.97. The van der Waals surface area contributed by atoms with E-state index in [1.54, 1.807) is 23.1 Å². The van der Waals surface area contributed by atoms with Crippen LogP contribution in [0.2, 0.25) is 0 Å². The Balaban J connectivity index is 1.56. The molecule has 0 atom stereocenters. The first kappa shape index (κ1) is 18.5. The molecule has 4 aromatic rings. The van der Waals surface area contributed by atoms with Gasteiger partial charge in [0.25, 0.3) is 0 Å². The smallest absolute Gasteiger partial charge is 0.228 e. The maximum atomic E-state index is 5.47. The molecule has 9 heteroatoms. The van der Waals surface area contributed by atoms with Crippen molar-refractivity contribution in [3.63, 3.8) is 0 Å². The van der Waals surface area contributed by atoms with Crippen molar-refractivity contribution in [2.75, 3.05) is 31.2 Å². The van der Waals surface area contributed by atoms with Crippen molar-refractivity contribution in [3.05, 3.63) is 41.1 Å². The molecule has 148 valence electrons. The van der Waals surface area contributed by atoms with E-state index in [4.69, 9.17) is 14.7 Å². The van der Waals surface area contributed by atoms with E-state index in [9.17, 15) is 0 Å². The molecule has 4 heterocycles. The van der Waals surface area contributed by atoms with Crippen molar-refractivity contribution in [2.24, 2.45) is 0 Å². The second-order valence-corrected chi connectivity index (χ2v) is 8.35. The van der Waals surface area contributed by atoms with Crippen molar-refractivity contribution in [1.29, 1.82) is 0 Å². The lowest BCUT2D eigenvalue weighted by molar-refractivity contribution is 0.121. The Morgan fingerprint density at radius 2 is 1.97 bits per heavy atom. The standard InChI is InChI=1S/C20H20N6OS2/c1-2-26-19(25-8-10-27-11-9-25)23-24-20(26)29-18-15-5-3-4-6-16(15)21-17(22-18)14-7-12-28-13-14/h3-7,12-13H,2,8-11H2,1H3. The quantitative estimate of drug-likeness (QED) is 0.449. The van der Waals surface area contributed by atoms with E-state index in [1.165, 1.54) is 0 Å². The molecule has 0 unspecified atom stereocenters. The lowest BCUT2D eigenvalue weighted by Gasteiger charge is -2.27. The number of hydrogen-bond acceptors (Lipinski definition) is 8. The van der Waals surface area contributed by atoms with Gasteiger partial charge >= 0.3 is 0 Å². The average Bonchev–Trinajstić information content (AvgIpc) is 3.44. The molecule has 5 rings (SSSR count). The number of fused-ring (bicyclic) bond motifs is 1. The van der Waals surface area contributed by atoms with Crippen molar-refractivity contribution >= 4 is 39.9 Å². The van der Waals surface area contributed by atoms with Crippen LogP contribution >= 0.6 is 23.1 Å². The van der Waals surface area contributed by atoms with Gasteiger partial charge in [-0.2, -0.15) is 11.3 Å². The van der Waals surface area contributed by atoms with E-state index >= 15 is 0 Å². The number of para-hydroxylation sites is 1. The van der Waals surface area contributed by atoms with Crippen LogP contribution in [0.25, 0.3) is 22.3 Å². The molecule has 7 nitrogen and oxygen atoms in total. The number of morpholine rings is 1. The predicted octanol–water partition coefficient (Wildman–Crippen LogP) is 3.96. The highest BCUT2D eigenvalue weighted by Crippen LogP contribution is 2.34. The Kier molecular flexibility index (Phi) is 5.17. The van der Waals surface area contributed by atoms with E-state index < -0.39 is 0 Å². The molecule has 1 saturated heterocycles. The van der Waals surface area contributed by atoms with Crippen molar-refractivity contribution < 1.29 is 4.74 Å². The number of hydrogen-bond donors (Lipinski definition) is 0. The largest absolute Gasteiger partial charge is 0.378 e. The number of thiophene rings is 1. The first-order chi connectivity index (χ1) is 14.3. The normalized spacial score (nSPS) is 14.6. The van der Waals surface area contributed by atoms with E-state index in [2.05, 4.69) is 38.0 Å². The van der Waals surface area contributed by atoms with Gasteiger partial charge in [0.15, 0.2) is 11.0 Å². The molecule has 0 radical (unpaired) electrons. The van der Waals surface area contributed by atoms with Gasteiger partial charge in [-0.25, -0.2) is 9.97 Å². The average molecular weight is 425 g/mol. The Bertz CT molecular complexity index is 1120. The van der Waals surface area contributed by atoms with E-state index in [-0.39, 0.29) is 0 Å². The van der Waals surface area contributed by atoms with Crippen LogP contribution in [0.3, 0.4) is 0 Å². The third-order valence-corrected chi connectivity index (χ3v) is 6.52. The lowest BCUT2D eigenvalue weighted by Crippen LogP contribution is -2.38. The predicted molar refractivity (Wildman–Crippen MR) is 116 cm³/mol. The summed E-state index contributed by atoms with van der Waals surface area (Å²) in [7, 11) is 0. The summed E-state index contributed by atoms with van der Waals surface area (Å²) >= 11 is 3.19. The zero-order chi connectivity index (χ0) is 19.6. The van der Waals surface area contributed by atoms with Gasteiger partial charge in [0.2, 0.25) is 5.95 Å². The summed E-state index contributed by atoms with van der Waals surface area (Å²) in [6, 6.07) is 10.2. The minimum atomic E-state index is 0.722. The molecule has 3 aromatic heterocycles. The van der Waals surface area contributed by atoms with Gasteiger partial charge in [0.1, 0.15) is 5.03 Å². The Morgan fingerprint density at radius 3 is 2.76 bits per heavy atom. The number of aromatic nitrogens is 5. The lowest BCUT2D eigenvalue weighted by atomic mass is 10.2. The maximum absolute atomic E-state index is 5.47. The highest BCUT2D eigenvalue weighted by molar-refractivity contribution is 7.99. The van der Waals surface area contributed by atoms with Gasteiger partial charge in [-0.05, 0) is 36.2 Å². The van der Waals surface area contributed by atoms with Crippen molar-refractivity contribution in [2.45, 2.75) is 23.7 Å². The van der Waals surface area contributed by atoms with Gasteiger partial charge < -0.3 is 9.64 Å². The van der Waals surface area contributed by atoms with E-state index in [0.717, 1.165) is 71.3 Å². The molecule has 1 fully saturated rings. The molecular formula is C20H20N6OS2. The number of nitrogens with zero attached hydrogens (tertiary/aromatic N) is 6. The zero-order valence-electron chi connectivity index (χ0n) is 16.0. The molecule has 0 saturated carbocycles. The third-order valence-electron chi connectivity index (χ3n) is 4.84. The van der Waals surface area contributed by atoms with Gasteiger partial charge in [-0.15, -0.1) is 10.2 Å². The fourth-order valence-electron chi connectivity index (χ4n) is 3.36. The number of ether oxygens (including phenoxy) is 1. The van der Waals surface area contributed by atoms with Gasteiger partial charge in [-0.3, -0.25) is 4.57 Å². The van der Waals surface area contributed by atoms with Crippen molar-refractivity contribution in [3.8, 4) is 11.4 Å². The van der Waals surface area contributed by atoms with Crippen LogP contribution in [0.1, 0.15) is 6.92 Å². The SMILES string of the molecule is CCn1c(Sc2nc(-c3ccsc3)nc3ccccc23)nnc1N1CCOCC1. The minimum Gasteiger partial charge on any atom is -0.378 e. The first-order valence-corrected chi connectivity index (χ1v) is 11.3. The summed E-state index contributed by atoms with van der Waals surface area (Å²) in [4.78, 5) is 11.9. The van der Waals surface area contributed by atoms with Gasteiger partial charge in [-0.1, -0.05) is 18.2 Å². The molecule has 29 heavy (non-hydrogen) atoms. The Hall–Kier alpha value is -2.49. The van der Waals surface area contributed by atoms with Gasteiger partial charge in [0.05, 0.1) is 18.7 Å². The Morgan fingerprint density at radius 1 is 1.10 bits per heavy atom. The molecule has 1 aromatic carbocycles. The maximum Gasteiger partial charge on any atom is 0.228 e. The summed E-state index contributed by atoms with van der Waals surface area (Å²) in [6.07, 6.45) is 0. The monoisotopic (exact) mass is 424 g/mol. The molecule has 0 bridgehead atoms. The number of rotatable bonds is 5. The molecule has 0 spiro atoms. The van der Waals surface area contributed by atoms with Crippen LogP contribution in [0.5, 0.6) is 0 Å². The number of benzene rings is 1. The molecule has 0 N–H and O–H groups in total. The van der Waals surface area contributed by atoms with Crippen LogP contribution in [0, 0.1) is 0 Å². The second-order valence-electron chi connectivity index (χ2n) is 6.61. The first-order valence-electron chi connectivity index (χ1n) is 9.56.